The van der Waals surface area contributed by atoms with E-state index in [1.165, 1.54) is 25.2 Å². The number of carbonyl (C=O) groups is 2. The second-order valence-corrected chi connectivity index (χ2v) is 7.24. The highest BCUT2D eigenvalue weighted by Gasteiger charge is 2.46. The Morgan fingerprint density at radius 2 is 1.90 bits per heavy atom. The van der Waals surface area contributed by atoms with Crippen molar-refractivity contribution < 1.29 is 28.9 Å². The molecule has 7 nitrogen and oxygen atoms in total. The number of aliphatic hydroxyl groups is 1. The summed E-state index contributed by atoms with van der Waals surface area (Å²) in [4.78, 5) is 27.2. The lowest BCUT2D eigenvalue weighted by Gasteiger charge is -2.25. The molecule has 0 radical (unpaired) electrons. The average molecular weight is 446 g/mol. The van der Waals surface area contributed by atoms with Gasteiger partial charge in [0.25, 0.3) is 11.7 Å². The van der Waals surface area contributed by atoms with Crippen molar-refractivity contribution in [1.29, 1.82) is 0 Å². The first kappa shape index (κ1) is 22.7. The third-order valence-corrected chi connectivity index (χ3v) is 5.32. The number of ether oxygens (including phenoxy) is 3. The van der Waals surface area contributed by atoms with Crippen molar-refractivity contribution in [2.45, 2.75) is 13.0 Å². The Kier molecular flexibility index (Phi) is 7.20. The minimum atomic E-state index is -0.821. The minimum absolute atomic E-state index is 0.0510. The molecule has 2 aromatic rings. The Hall–Kier alpha value is -3.03. The maximum absolute atomic E-state index is 13.0. The molecule has 0 saturated carbocycles. The van der Waals surface area contributed by atoms with Crippen LogP contribution in [0.1, 0.15) is 24.1 Å². The Morgan fingerprint density at radius 3 is 2.58 bits per heavy atom. The molecular weight excluding hydrogens is 422 g/mol. The van der Waals surface area contributed by atoms with Crippen molar-refractivity contribution in [3.05, 3.63) is 64.2 Å². The highest BCUT2D eigenvalue weighted by atomic mass is 35.5. The molecule has 1 aliphatic rings. The molecule has 164 valence electrons. The molecule has 0 spiro atoms. The number of benzene rings is 2. The van der Waals surface area contributed by atoms with Crippen LogP contribution >= 0.6 is 11.6 Å². The Morgan fingerprint density at radius 1 is 1.13 bits per heavy atom. The zero-order valence-electron chi connectivity index (χ0n) is 17.6. The van der Waals surface area contributed by atoms with Gasteiger partial charge in [-0.15, -0.1) is 0 Å². The van der Waals surface area contributed by atoms with E-state index in [1.807, 2.05) is 6.92 Å². The van der Waals surface area contributed by atoms with Crippen LogP contribution in [-0.2, 0) is 14.3 Å². The van der Waals surface area contributed by atoms with Gasteiger partial charge >= 0.3 is 0 Å². The van der Waals surface area contributed by atoms with Gasteiger partial charge in [0.05, 0.1) is 37.0 Å². The number of amides is 1. The van der Waals surface area contributed by atoms with Crippen molar-refractivity contribution in [1.82, 2.24) is 4.90 Å². The predicted octanol–water partition coefficient (Wildman–Crippen LogP) is 3.82. The molecule has 1 aliphatic heterocycles. The van der Waals surface area contributed by atoms with Crippen molar-refractivity contribution in [3.8, 4) is 11.5 Å². The molecule has 1 N–H and O–H groups in total. The molecule has 0 aromatic heterocycles. The molecule has 1 atom stereocenters. The van der Waals surface area contributed by atoms with E-state index in [-0.39, 0.29) is 35.1 Å². The third-order valence-electron chi connectivity index (χ3n) is 4.99. The average Bonchev–Trinajstić information content (AvgIpc) is 3.02. The number of ketones is 1. The zero-order valence-corrected chi connectivity index (χ0v) is 18.3. The lowest BCUT2D eigenvalue weighted by Crippen LogP contribution is -2.32. The molecule has 1 amide bonds. The molecule has 1 unspecified atom stereocenters. The summed E-state index contributed by atoms with van der Waals surface area (Å²) in [5, 5.41) is 11.4. The number of aliphatic hydroxyl groups excluding tert-OH is 1. The number of hydrogen-bond acceptors (Lipinski definition) is 6. The maximum Gasteiger partial charge on any atom is 0.295 e. The summed E-state index contributed by atoms with van der Waals surface area (Å²) in [6, 6.07) is 11.0. The molecule has 0 bridgehead atoms. The number of likely N-dealkylation sites (tertiary alicyclic amines) is 1. The standard InChI is InChI=1S/C23H24ClNO6/c1-4-31-16-7-5-6-14(12-16)20-19(22(27)23(28)25(20)10-11-29-2)21(26)17-13-15(30-3)8-9-18(17)24/h5-9,12-13,20,26H,4,10-11H2,1-3H3/b21-19+. The van der Waals surface area contributed by atoms with Gasteiger partial charge in [0.1, 0.15) is 17.3 Å². The van der Waals surface area contributed by atoms with E-state index in [9.17, 15) is 14.7 Å². The first-order valence-corrected chi connectivity index (χ1v) is 10.1. The fraction of sp³-hybridized carbons (Fsp3) is 0.304. The van der Waals surface area contributed by atoms with E-state index in [0.717, 1.165) is 0 Å². The van der Waals surface area contributed by atoms with Gasteiger partial charge in [-0.05, 0) is 42.8 Å². The summed E-state index contributed by atoms with van der Waals surface area (Å²) in [7, 11) is 2.99. The fourth-order valence-electron chi connectivity index (χ4n) is 3.55. The first-order chi connectivity index (χ1) is 14.9. The lowest BCUT2D eigenvalue weighted by atomic mass is 9.95. The predicted molar refractivity (Wildman–Crippen MR) is 117 cm³/mol. The first-order valence-electron chi connectivity index (χ1n) is 9.76. The van der Waals surface area contributed by atoms with Gasteiger partial charge in [0.2, 0.25) is 0 Å². The topological polar surface area (TPSA) is 85.3 Å². The van der Waals surface area contributed by atoms with E-state index in [4.69, 9.17) is 25.8 Å². The van der Waals surface area contributed by atoms with Crippen molar-refractivity contribution in [2.75, 3.05) is 34.0 Å². The highest BCUT2D eigenvalue weighted by molar-refractivity contribution is 6.47. The van der Waals surface area contributed by atoms with Crippen LogP contribution in [0.2, 0.25) is 5.02 Å². The quantitative estimate of drug-likeness (QED) is 0.378. The van der Waals surface area contributed by atoms with Crippen molar-refractivity contribution >= 4 is 29.1 Å². The summed E-state index contributed by atoms with van der Waals surface area (Å²) in [6.45, 7) is 2.73. The van der Waals surface area contributed by atoms with E-state index in [2.05, 4.69) is 0 Å². The van der Waals surface area contributed by atoms with Crippen LogP contribution in [0, 0.1) is 0 Å². The zero-order chi connectivity index (χ0) is 22.5. The number of halogens is 1. The van der Waals surface area contributed by atoms with Gasteiger partial charge in [-0.1, -0.05) is 23.7 Å². The smallest absolute Gasteiger partial charge is 0.295 e. The van der Waals surface area contributed by atoms with E-state index >= 15 is 0 Å². The lowest BCUT2D eigenvalue weighted by molar-refractivity contribution is -0.140. The molecule has 1 heterocycles. The highest BCUT2D eigenvalue weighted by Crippen LogP contribution is 2.41. The number of nitrogens with zero attached hydrogens (tertiary/aromatic N) is 1. The number of rotatable bonds is 8. The van der Waals surface area contributed by atoms with Crippen LogP contribution in [0.4, 0.5) is 0 Å². The van der Waals surface area contributed by atoms with Crippen LogP contribution in [-0.4, -0.2) is 55.7 Å². The molecule has 1 fully saturated rings. The molecule has 1 saturated heterocycles. The molecule has 2 aromatic carbocycles. The van der Waals surface area contributed by atoms with Crippen LogP contribution in [0.3, 0.4) is 0 Å². The van der Waals surface area contributed by atoms with Crippen molar-refractivity contribution in [2.24, 2.45) is 0 Å². The molecule has 0 aliphatic carbocycles. The van der Waals surface area contributed by atoms with Crippen LogP contribution in [0.15, 0.2) is 48.0 Å². The Bertz CT molecular complexity index is 1020. The minimum Gasteiger partial charge on any atom is -0.507 e. The fourth-order valence-corrected chi connectivity index (χ4v) is 3.75. The van der Waals surface area contributed by atoms with Crippen molar-refractivity contribution in [3.63, 3.8) is 0 Å². The van der Waals surface area contributed by atoms with E-state index in [1.54, 1.807) is 36.4 Å². The Balaban J connectivity index is 2.20. The Labute approximate surface area is 185 Å². The number of Topliss-reactive ketones (excluding diaryl/α,β-unsaturated/α-hetero) is 1. The van der Waals surface area contributed by atoms with E-state index < -0.39 is 17.7 Å². The number of hydrogen-bond donors (Lipinski definition) is 1. The summed E-state index contributed by atoms with van der Waals surface area (Å²) >= 11 is 6.29. The number of methoxy groups -OCH3 is 2. The van der Waals surface area contributed by atoms with Crippen LogP contribution in [0.5, 0.6) is 11.5 Å². The van der Waals surface area contributed by atoms with E-state index in [0.29, 0.717) is 23.7 Å². The third kappa shape index (κ3) is 4.52. The van der Waals surface area contributed by atoms with Gasteiger partial charge in [-0.25, -0.2) is 0 Å². The van der Waals surface area contributed by atoms with Gasteiger partial charge in [-0.2, -0.15) is 0 Å². The van der Waals surface area contributed by atoms with Gasteiger partial charge in [-0.3, -0.25) is 9.59 Å². The SMILES string of the molecule is CCOc1cccc(C2/C(=C(\O)c3cc(OC)ccc3Cl)C(=O)C(=O)N2CCOC)c1. The summed E-state index contributed by atoms with van der Waals surface area (Å²) in [5.41, 5.74) is 0.781. The van der Waals surface area contributed by atoms with Gasteiger partial charge in [0.15, 0.2) is 0 Å². The second kappa shape index (κ2) is 9.85. The monoisotopic (exact) mass is 445 g/mol. The van der Waals surface area contributed by atoms with Gasteiger partial charge in [0, 0.05) is 19.2 Å². The summed E-state index contributed by atoms with van der Waals surface area (Å²) in [5.74, 6) is -0.830. The molecule has 3 rings (SSSR count). The molecule has 31 heavy (non-hydrogen) atoms. The maximum atomic E-state index is 13.0. The normalized spacial score (nSPS) is 17.8. The largest absolute Gasteiger partial charge is 0.507 e. The molecule has 8 heteroatoms. The second-order valence-electron chi connectivity index (χ2n) is 6.84. The summed E-state index contributed by atoms with van der Waals surface area (Å²) < 4.78 is 15.9. The summed E-state index contributed by atoms with van der Waals surface area (Å²) in [6.07, 6.45) is 0. The molecular formula is C23H24ClNO6. The van der Waals surface area contributed by atoms with Gasteiger partial charge < -0.3 is 24.2 Å². The number of carbonyl (C=O) groups excluding carboxylic acids is 2. The van der Waals surface area contributed by atoms with Crippen LogP contribution in [0.25, 0.3) is 5.76 Å². The van der Waals surface area contributed by atoms with Crippen LogP contribution < -0.4 is 9.47 Å².